The predicted octanol–water partition coefficient (Wildman–Crippen LogP) is 1.44. The van der Waals surface area contributed by atoms with Crippen molar-refractivity contribution in [1.82, 2.24) is 4.98 Å². The van der Waals surface area contributed by atoms with Gasteiger partial charge in [-0.25, -0.2) is 4.79 Å². The van der Waals surface area contributed by atoms with Gasteiger partial charge in [0.1, 0.15) is 10.3 Å². The van der Waals surface area contributed by atoms with E-state index in [0.29, 0.717) is 4.64 Å². The molecular weight excluding hydrogens is 150 g/mol. The number of aromatic carboxylic acids is 1. The Hall–Kier alpha value is -1.16. The molecule has 1 aromatic rings. The molecule has 1 aromatic heterocycles. The normalized spacial score (nSPS) is 9.20. The lowest BCUT2D eigenvalue weighted by Gasteiger charge is -1.90. The number of H-pyrrole nitrogens is 1. The highest BCUT2D eigenvalue weighted by atomic mass is 32.1. The van der Waals surface area contributed by atoms with Crippen LogP contribution in [0.15, 0.2) is 18.2 Å². The van der Waals surface area contributed by atoms with Crippen molar-refractivity contribution >= 4 is 18.2 Å². The standard InChI is InChI=1S/C6H5NO2S/c8-6(9)4-2-1-3-5(10)7-4/h1-3H,(H,7,10)(H,8,9). The fourth-order valence-corrected chi connectivity index (χ4v) is 0.761. The molecule has 0 atom stereocenters. The molecule has 0 saturated heterocycles. The second-order valence-electron chi connectivity index (χ2n) is 1.73. The van der Waals surface area contributed by atoms with Gasteiger partial charge in [-0.1, -0.05) is 18.3 Å². The van der Waals surface area contributed by atoms with Crippen LogP contribution in [0.2, 0.25) is 0 Å². The zero-order chi connectivity index (χ0) is 7.56. The molecule has 0 bridgehead atoms. The van der Waals surface area contributed by atoms with Crippen molar-refractivity contribution in [3.05, 3.63) is 28.5 Å². The molecule has 2 N–H and O–H groups in total. The van der Waals surface area contributed by atoms with Crippen molar-refractivity contribution in [2.75, 3.05) is 0 Å². The topological polar surface area (TPSA) is 53.1 Å². The van der Waals surface area contributed by atoms with Gasteiger partial charge in [0.2, 0.25) is 0 Å². The summed E-state index contributed by atoms with van der Waals surface area (Å²) in [5.41, 5.74) is 0.118. The van der Waals surface area contributed by atoms with Gasteiger partial charge in [0.05, 0.1) is 0 Å². The van der Waals surface area contributed by atoms with E-state index in [-0.39, 0.29) is 5.69 Å². The van der Waals surface area contributed by atoms with Gasteiger partial charge in [-0.2, -0.15) is 0 Å². The first kappa shape index (κ1) is 6.95. The Bertz CT molecular complexity index is 305. The molecule has 0 radical (unpaired) electrons. The van der Waals surface area contributed by atoms with Crippen molar-refractivity contribution in [1.29, 1.82) is 0 Å². The lowest BCUT2D eigenvalue weighted by molar-refractivity contribution is 0.0690. The van der Waals surface area contributed by atoms with Crippen LogP contribution >= 0.6 is 12.2 Å². The summed E-state index contributed by atoms with van der Waals surface area (Å²) < 4.78 is 0.430. The van der Waals surface area contributed by atoms with Gasteiger partial charge in [0.15, 0.2) is 0 Å². The molecule has 1 rings (SSSR count). The lowest BCUT2D eigenvalue weighted by atomic mass is 10.4. The maximum atomic E-state index is 10.3. The quantitative estimate of drug-likeness (QED) is 0.603. The Labute approximate surface area is 62.3 Å². The molecule has 3 nitrogen and oxygen atoms in total. The SMILES string of the molecule is O=C(O)c1cccc(=S)[nH]1. The highest BCUT2D eigenvalue weighted by Gasteiger charge is 1.98. The first-order valence-electron chi connectivity index (χ1n) is 2.63. The Morgan fingerprint density at radius 1 is 1.60 bits per heavy atom. The van der Waals surface area contributed by atoms with E-state index < -0.39 is 5.97 Å². The van der Waals surface area contributed by atoms with Gasteiger partial charge in [0, 0.05) is 0 Å². The number of carboxylic acid groups (broad SMARTS) is 1. The second kappa shape index (κ2) is 2.62. The number of hydrogen-bond acceptors (Lipinski definition) is 2. The number of hydrogen-bond donors (Lipinski definition) is 2. The number of carbonyl (C=O) groups is 1. The van der Waals surface area contributed by atoms with E-state index in [4.69, 9.17) is 17.3 Å². The molecule has 0 aliphatic rings. The zero-order valence-electron chi connectivity index (χ0n) is 5.00. The number of pyridine rings is 1. The Balaban J connectivity index is 3.20. The van der Waals surface area contributed by atoms with Crippen LogP contribution in [0.5, 0.6) is 0 Å². The minimum Gasteiger partial charge on any atom is -0.477 e. The second-order valence-corrected chi connectivity index (χ2v) is 2.17. The first-order chi connectivity index (χ1) is 4.70. The smallest absolute Gasteiger partial charge is 0.352 e. The molecule has 0 aliphatic carbocycles. The number of aromatic nitrogens is 1. The van der Waals surface area contributed by atoms with Crippen LogP contribution in [0, 0.1) is 4.64 Å². The van der Waals surface area contributed by atoms with Crippen molar-refractivity contribution in [2.45, 2.75) is 0 Å². The Morgan fingerprint density at radius 3 is 2.70 bits per heavy atom. The summed E-state index contributed by atoms with van der Waals surface area (Å²) >= 11 is 4.70. The lowest BCUT2D eigenvalue weighted by Crippen LogP contribution is -1.98. The number of nitrogens with one attached hydrogen (secondary N) is 1. The molecule has 52 valence electrons. The molecular formula is C6H5NO2S. The van der Waals surface area contributed by atoms with E-state index in [1.807, 2.05) is 0 Å². The van der Waals surface area contributed by atoms with Gasteiger partial charge < -0.3 is 10.1 Å². The van der Waals surface area contributed by atoms with Crippen molar-refractivity contribution in [3.63, 3.8) is 0 Å². The minimum atomic E-state index is -0.994. The average Bonchev–Trinajstić information content (AvgIpc) is 1.88. The number of rotatable bonds is 1. The van der Waals surface area contributed by atoms with Crippen LogP contribution in [0.25, 0.3) is 0 Å². The van der Waals surface area contributed by atoms with E-state index in [0.717, 1.165) is 0 Å². The van der Waals surface area contributed by atoms with Crippen molar-refractivity contribution < 1.29 is 9.90 Å². The van der Waals surface area contributed by atoms with Crippen molar-refractivity contribution in [3.8, 4) is 0 Å². The molecule has 0 aromatic carbocycles. The van der Waals surface area contributed by atoms with E-state index in [1.165, 1.54) is 6.07 Å². The summed E-state index contributed by atoms with van der Waals surface area (Å²) in [5, 5.41) is 8.43. The average molecular weight is 155 g/mol. The zero-order valence-corrected chi connectivity index (χ0v) is 5.81. The van der Waals surface area contributed by atoms with Crippen LogP contribution < -0.4 is 0 Å². The molecule has 1 heterocycles. The molecule has 0 spiro atoms. The molecule has 0 aliphatic heterocycles. The van der Waals surface area contributed by atoms with Gasteiger partial charge in [-0.15, -0.1) is 0 Å². The van der Waals surface area contributed by atoms with Gasteiger partial charge in [-0.3, -0.25) is 0 Å². The summed E-state index contributed by atoms with van der Waals surface area (Å²) in [7, 11) is 0. The third-order valence-corrected chi connectivity index (χ3v) is 1.24. The minimum absolute atomic E-state index is 0.118. The third-order valence-electron chi connectivity index (χ3n) is 0.999. The van der Waals surface area contributed by atoms with Crippen LogP contribution in [0.3, 0.4) is 0 Å². The number of aromatic amines is 1. The largest absolute Gasteiger partial charge is 0.477 e. The van der Waals surface area contributed by atoms with E-state index in [2.05, 4.69) is 4.98 Å². The maximum Gasteiger partial charge on any atom is 0.352 e. The monoisotopic (exact) mass is 155 g/mol. The molecule has 10 heavy (non-hydrogen) atoms. The van der Waals surface area contributed by atoms with Crippen LogP contribution in [-0.4, -0.2) is 16.1 Å². The van der Waals surface area contributed by atoms with Crippen molar-refractivity contribution in [2.24, 2.45) is 0 Å². The highest BCUT2D eigenvalue weighted by Crippen LogP contribution is 1.93. The first-order valence-corrected chi connectivity index (χ1v) is 3.03. The molecule has 0 fully saturated rings. The Morgan fingerprint density at radius 2 is 2.30 bits per heavy atom. The van der Waals surface area contributed by atoms with Gasteiger partial charge >= 0.3 is 5.97 Å². The van der Waals surface area contributed by atoms with E-state index in [1.54, 1.807) is 12.1 Å². The fraction of sp³-hybridized carbons (Fsp3) is 0. The van der Waals surface area contributed by atoms with Gasteiger partial charge in [-0.05, 0) is 12.1 Å². The van der Waals surface area contributed by atoms with E-state index >= 15 is 0 Å². The summed E-state index contributed by atoms with van der Waals surface area (Å²) in [6.45, 7) is 0. The van der Waals surface area contributed by atoms with E-state index in [9.17, 15) is 4.79 Å². The fourth-order valence-electron chi connectivity index (χ4n) is 0.573. The molecule has 4 heteroatoms. The highest BCUT2D eigenvalue weighted by molar-refractivity contribution is 7.71. The molecule has 0 saturated carbocycles. The maximum absolute atomic E-state index is 10.3. The summed E-state index contributed by atoms with van der Waals surface area (Å²) in [6.07, 6.45) is 0. The predicted molar refractivity (Wildman–Crippen MR) is 38.6 cm³/mol. The third kappa shape index (κ3) is 1.41. The van der Waals surface area contributed by atoms with Crippen LogP contribution in [0.4, 0.5) is 0 Å². The van der Waals surface area contributed by atoms with Crippen LogP contribution in [0.1, 0.15) is 10.5 Å². The molecule has 0 unspecified atom stereocenters. The number of carboxylic acids is 1. The summed E-state index contributed by atoms with van der Waals surface area (Å²) in [6, 6.07) is 4.68. The summed E-state index contributed by atoms with van der Waals surface area (Å²) in [5.74, 6) is -0.994. The van der Waals surface area contributed by atoms with Gasteiger partial charge in [0.25, 0.3) is 0 Å². The van der Waals surface area contributed by atoms with Crippen LogP contribution in [-0.2, 0) is 0 Å². The molecule has 0 amide bonds. The summed E-state index contributed by atoms with van der Waals surface area (Å²) in [4.78, 5) is 12.8. The Kier molecular flexibility index (Phi) is 1.82.